The molecule has 9 heteroatoms. The highest BCUT2D eigenvalue weighted by molar-refractivity contribution is 14.0. The Balaban J connectivity index is 0.00000450. The Morgan fingerprint density at radius 1 is 1.23 bits per heavy atom. The average Bonchev–Trinajstić information content (AvgIpc) is 3.11. The third kappa shape index (κ3) is 9.10. The Labute approximate surface area is 196 Å². The normalized spacial score (nSPS) is 11.6. The van der Waals surface area contributed by atoms with Gasteiger partial charge >= 0.3 is 0 Å². The van der Waals surface area contributed by atoms with Crippen molar-refractivity contribution in [2.75, 3.05) is 20.1 Å². The highest BCUT2D eigenvalue weighted by Gasteiger charge is 2.17. The summed E-state index contributed by atoms with van der Waals surface area (Å²) in [6.45, 7) is 10.1. The molecule has 0 aliphatic heterocycles. The smallest absolute Gasteiger partial charge is 0.240 e. The summed E-state index contributed by atoms with van der Waals surface area (Å²) < 4.78 is 2.02. The third-order valence-corrected chi connectivity index (χ3v) is 4.16. The summed E-state index contributed by atoms with van der Waals surface area (Å²) in [5, 5.41) is 14.4. The number of likely N-dealkylation sites (N-methyl/N-ethyl adjacent to an activating group) is 1. The standard InChI is InChI=1S/C21H33N7O.HI/c1-6-18-26-24-16-28(18)13-12-22-20(23-14-17-10-8-7-9-11-17)27(5)15-19(29)25-21(2,3)4;/h7-11,16H,6,12-15H2,1-5H3,(H,22,23)(H,25,29);1H. The van der Waals surface area contributed by atoms with E-state index in [9.17, 15) is 4.79 Å². The van der Waals surface area contributed by atoms with Crippen LogP contribution >= 0.6 is 24.0 Å². The number of benzene rings is 1. The molecule has 0 bridgehead atoms. The van der Waals surface area contributed by atoms with Crippen molar-refractivity contribution in [2.45, 2.75) is 52.7 Å². The number of rotatable bonds is 8. The Morgan fingerprint density at radius 2 is 1.93 bits per heavy atom. The van der Waals surface area contributed by atoms with Crippen LogP contribution in [0.5, 0.6) is 0 Å². The summed E-state index contributed by atoms with van der Waals surface area (Å²) in [5.41, 5.74) is 0.851. The highest BCUT2D eigenvalue weighted by Crippen LogP contribution is 2.02. The summed E-state index contributed by atoms with van der Waals surface area (Å²) in [4.78, 5) is 18.9. The van der Waals surface area contributed by atoms with Crippen molar-refractivity contribution in [1.82, 2.24) is 30.3 Å². The lowest BCUT2D eigenvalue weighted by atomic mass is 10.1. The summed E-state index contributed by atoms with van der Waals surface area (Å²) in [6.07, 6.45) is 2.57. The molecule has 0 saturated carbocycles. The molecule has 0 unspecified atom stereocenters. The number of carbonyl (C=O) groups is 1. The van der Waals surface area contributed by atoms with Gasteiger partial charge < -0.3 is 20.1 Å². The fraction of sp³-hybridized carbons (Fsp3) is 0.524. The molecule has 2 aromatic rings. The number of aromatic nitrogens is 3. The van der Waals surface area contributed by atoms with Gasteiger partial charge in [0.2, 0.25) is 5.91 Å². The molecule has 1 aromatic heterocycles. The number of amides is 1. The molecule has 1 amide bonds. The van der Waals surface area contributed by atoms with Crippen molar-refractivity contribution in [2.24, 2.45) is 4.99 Å². The Bertz CT molecular complexity index is 799. The van der Waals surface area contributed by atoms with E-state index in [1.807, 2.05) is 67.6 Å². The lowest BCUT2D eigenvalue weighted by Gasteiger charge is -2.25. The molecule has 8 nitrogen and oxygen atoms in total. The molecule has 1 aromatic carbocycles. The van der Waals surface area contributed by atoms with Gasteiger partial charge in [0, 0.05) is 32.1 Å². The van der Waals surface area contributed by atoms with Crippen LogP contribution < -0.4 is 10.6 Å². The summed E-state index contributed by atoms with van der Waals surface area (Å²) in [7, 11) is 1.87. The van der Waals surface area contributed by atoms with E-state index in [1.165, 1.54) is 0 Å². The van der Waals surface area contributed by atoms with E-state index in [1.54, 1.807) is 6.33 Å². The van der Waals surface area contributed by atoms with Crippen LogP contribution in [0.2, 0.25) is 0 Å². The first-order valence-corrected chi connectivity index (χ1v) is 9.99. The molecule has 0 saturated heterocycles. The van der Waals surface area contributed by atoms with Crippen LogP contribution in [0.3, 0.4) is 0 Å². The van der Waals surface area contributed by atoms with Crippen molar-refractivity contribution in [3.05, 3.63) is 48.0 Å². The maximum atomic E-state index is 12.3. The molecule has 166 valence electrons. The quantitative estimate of drug-likeness (QED) is 0.313. The van der Waals surface area contributed by atoms with Gasteiger partial charge in [0.1, 0.15) is 12.2 Å². The topological polar surface area (TPSA) is 87.4 Å². The maximum Gasteiger partial charge on any atom is 0.240 e. The van der Waals surface area contributed by atoms with Crippen LogP contribution in [0.25, 0.3) is 0 Å². The number of aliphatic imine (C=N–C) groups is 1. The summed E-state index contributed by atoms with van der Waals surface area (Å²) in [6, 6.07) is 10.1. The molecule has 0 radical (unpaired) electrons. The number of hydrogen-bond donors (Lipinski definition) is 2. The fourth-order valence-electron chi connectivity index (χ4n) is 2.84. The Kier molecular flexibility index (Phi) is 10.8. The molecule has 0 atom stereocenters. The molecule has 2 rings (SSSR count). The molecule has 0 aliphatic rings. The minimum Gasteiger partial charge on any atom is -0.354 e. The first-order valence-electron chi connectivity index (χ1n) is 9.99. The third-order valence-electron chi connectivity index (χ3n) is 4.16. The predicted octanol–water partition coefficient (Wildman–Crippen LogP) is 2.45. The van der Waals surface area contributed by atoms with Crippen molar-refractivity contribution in [1.29, 1.82) is 0 Å². The predicted molar refractivity (Wildman–Crippen MR) is 131 cm³/mol. The second-order valence-corrected chi connectivity index (χ2v) is 8.00. The van der Waals surface area contributed by atoms with E-state index < -0.39 is 0 Å². The lowest BCUT2D eigenvalue weighted by Crippen LogP contribution is -2.49. The number of halogens is 1. The van der Waals surface area contributed by atoms with E-state index in [0.717, 1.165) is 24.4 Å². The number of aryl methyl sites for hydroxylation is 1. The van der Waals surface area contributed by atoms with Gasteiger partial charge in [0.15, 0.2) is 5.96 Å². The largest absolute Gasteiger partial charge is 0.354 e. The molecule has 0 aliphatic carbocycles. The van der Waals surface area contributed by atoms with Gasteiger partial charge in [-0.15, -0.1) is 34.2 Å². The minimum atomic E-state index is -0.266. The van der Waals surface area contributed by atoms with Gasteiger partial charge in [-0.2, -0.15) is 0 Å². The lowest BCUT2D eigenvalue weighted by molar-refractivity contribution is -0.122. The van der Waals surface area contributed by atoms with Crippen LogP contribution in [-0.4, -0.2) is 57.2 Å². The number of hydrogen-bond acceptors (Lipinski definition) is 4. The zero-order valence-electron chi connectivity index (χ0n) is 18.6. The van der Waals surface area contributed by atoms with Gasteiger partial charge in [0.25, 0.3) is 0 Å². The van der Waals surface area contributed by atoms with Gasteiger partial charge in [-0.25, -0.2) is 4.99 Å². The minimum absolute atomic E-state index is 0. The Hall–Kier alpha value is -2.17. The van der Waals surface area contributed by atoms with Gasteiger partial charge in [-0.05, 0) is 26.3 Å². The van der Waals surface area contributed by atoms with Gasteiger partial charge in [-0.1, -0.05) is 37.3 Å². The monoisotopic (exact) mass is 527 g/mol. The second kappa shape index (κ2) is 12.5. The van der Waals surface area contributed by atoms with Crippen LogP contribution in [0, 0.1) is 0 Å². The zero-order valence-corrected chi connectivity index (χ0v) is 20.9. The van der Waals surface area contributed by atoms with Gasteiger partial charge in [-0.3, -0.25) is 4.79 Å². The highest BCUT2D eigenvalue weighted by atomic mass is 127. The SMILES string of the molecule is CCc1nncn1CCNC(=NCc1ccccc1)N(C)CC(=O)NC(C)(C)C.I. The first-order chi connectivity index (χ1) is 13.8. The molecule has 0 fully saturated rings. The second-order valence-electron chi connectivity index (χ2n) is 8.00. The van der Waals surface area contributed by atoms with Crippen LogP contribution in [0.1, 0.15) is 39.1 Å². The average molecular weight is 527 g/mol. The van der Waals surface area contributed by atoms with Crippen LogP contribution in [0.15, 0.2) is 41.7 Å². The molecule has 2 N–H and O–H groups in total. The van der Waals surface area contributed by atoms with E-state index in [0.29, 0.717) is 19.0 Å². The van der Waals surface area contributed by atoms with E-state index >= 15 is 0 Å². The van der Waals surface area contributed by atoms with Crippen molar-refractivity contribution in [3.63, 3.8) is 0 Å². The summed E-state index contributed by atoms with van der Waals surface area (Å²) in [5.74, 6) is 1.60. The van der Waals surface area contributed by atoms with Crippen molar-refractivity contribution < 1.29 is 4.79 Å². The summed E-state index contributed by atoms with van der Waals surface area (Å²) >= 11 is 0. The number of nitrogens with zero attached hydrogens (tertiary/aromatic N) is 5. The zero-order chi connectivity index (χ0) is 21.3. The fourth-order valence-corrected chi connectivity index (χ4v) is 2.84. The molecule has 30 heavy (non-hydrogen) atoms. The number of nitrogens with one attached hydrogen (secondary N) is 2. The van der Waals surface area contributed by atoms with E-state index in [4.69, 9.17) is 4.99 Å². The van der Waals surface area contributed by atoms with Crippen LogP contribution in [-0.2, 0) is 24.3 Å². The molecule has 1 heterocycles. The van der Waals surface area contributed by atoms with Crippen LogP contribution in [0.4, 0.5) is 0 Å². The first kappa shape index (κ1) is 25.9. The maximum absolute atomic E-state index is 12.3. The molecular weight excluding hydrogens is 493 g/mol. The van der Waals surface area contributed by atoms with E-state index in [-0.39, 0.29) is 42.0 Å². The Morgan fingerprint density at radius 3 is 2.57 bits per heavy atom. The number of guanidine groups is 1. The number of carbonyl (C=O) groups excluding carboxylic acids is 1. The van der Waals surface area contributed by atoms with Crippen molar-refractivity contribution >= 4 is 35.8 Å². The van der Waals surface area contributed by atoms with Gasteiger partial charge in [0.05, 0.1) is 13.1 Å². The molecular formula is C21H34IN7O. The van der Waals surface area contributed by atoms with Crippen molar-refractivity contribution in [3.8, 4) is 0 Å². The molecule has 0 spiro atoms. The van der Waals surface area contributed by atoms with E-state index in [2.05, 4.69) is 27.8 Å².